The van der Waals surface area contributed by atoms with Gasteiger partial charge in [-0.15, -0.1) is 0 Å². The van der Waals surface area contributed by atoms with Crippen molar-refractivity contribution in [2.24, 2.45) is 5.92 Å². The SMILES string of the molecule is CC1CCC(Nc2cc3nc[nH]c(=O)c3cc2[N+](=O)[O-])C1. The van der Waals surface area contributed by atoms with Gasteiger partial charge in [0.2, 0.25) is 0 Å². The van der Waals surface area contributed by atoms with Gasteiger partial charge in [0.15, 0.2) is 0 Å². The van der Waals surface area contributed by atoms with Crippen molar-refractivity contribution in [2.75, 3.05) is 5.32 Å². The summed E-state index contributed by atoms with van der Waals surface area (Å²) >= 11 is 0. The molecule has 7 nitrogen and oxygen atoms in total. The second-order valence-corrected chi connectivity index (χ2v) is 5.63. The summed E-state index contributed by atoms with van der Waals surface area (Å²) in [6.07, 6.45) is 4.42. The van der Waals surface area contributed by atoms with Crippen LogP contribution >= 0.6 is 0 Å². The normalized spacial score (nSPS) is 21.6. The number of aromatic nitrogens is 2. The van der Waals surface area contributed by atoms with Gasteiger partial charge in [-0.25, -0.2) is 4.98 Å². The Kier molecular flexibility index (Phi) is 3.32. The summed E-state index contributed by atoms with van der Waals surface area (Å²) in [6.45, 7) is 2.18. The summed E-state index contributed by atoms with van der Waals surface area (Å²) in [6, 6.07) is 3.12. The molecule has 2 aromatic rings. The van der Waals surface area contributed by atoms with Crippen LogP contribution in [0, 0.1) is 16.0 Å². The summed E-state index contributed by atoms with van der Waals surface area (Å²) in [5.74, 6) is 0.628. The number of hydrogen-bond donors (Lipinski definition) is 2. The van der Waals surface area contributed by atoms with E-state index in [1.54, 1.807) is 6.07 Å². The van der Waals surface area contributed by atoms with Crippen molar-refractivity contribution < 1.29 is 4.92 Å². The highest BCUT2D eigenvalue weighted by Gasteiger charge is 2.24. The Bertz CT molecular complexity index is 755. The van der Waals surface area contributed by atoms with Crippen molar-refractivity contribution in [3.8, 4) is 0 Å². The molecule has 2 N–H and O–H groups in total. The van der Waals surface area contributed by atoms with Crippen molar-refractivity contribution >= 4 is 22.3 Å². The molecule has 0 aliphatic heterocycles. The molecule has 110 valence electrons. The van der Waals surface area contributed by atoms with Gasteiger partial charge < -0.3 is 10.3 Å². The van der Waals surface area contributed by atoms with E-state index in [9.17, 15) is 14.9 Å². The molecule has 0 radical (unpaired) electrons. The van der Waals surface area contributed by atoms with Crippen molar-refractivity contribution in [3.05, 3.63) is 38.9 Å². The van der Waals surface area contributed by atoms with Gasteiger partial charge in [-0.2, -0.15) is 0 Å². The molecule has 1 fully saturated rings. The predicted octanol–water partition coefficient (Wildman–Crippen LogP) is 2.43. The van der Waals surface area contributed by atoms with E-state index in [4.69, 9.17) is 0 Å². The Hall–Kier alpha value is -2.44. The summed E-state index contributed by atoms with van der Waals surface area (Å²) in [5, 5.41) is 14.7. The number of H-pyrrole nitrogens is 1. The molecule has 1 heterocycles. The maximum Gasteiger partial charge on any atom is 0.293 e. The molecule has 1 aliphatic rings. The number of hydrogen-bond acceptors (Lipinski definition) is 5. The van der Waals surface area contributed by atoms with Gasteiger partial charge >= 0.3 is 0 Å². The Balaban J connectivity index is 2.05. The molecule has 0 saturated heterocycles. The minimum Gasteiger partial charge on any atom is -0.377 e. The second-order valence-electron chi connectivity index (χ2n) is 5.63. The van der Waals surface area contributed by atoms with E-state index in [2.05, 4.69) is 22.2 Å². The van der Waals surface area contributed by atoms with Crippen LogP contribution in [0.2, 0.25) is 0 Å². The summed E-state index contributed by atoms with van der Waals surface area (Å²) in [4.78, 5) is 29.0. The van der Waals surface area contributed by atoms with Crippen LogP contribution in [0.5, 0.6) is 0 Å². The van der Waals surface area contributed by atoms with E-state index in [0.29, 0.717) is 17.1 Å². The number of fused-ring (bicyclic) bond motifs is 1. The average molecular weight is 288 g/mol. The lowest BCUT2D eigenvalue weighted by Crippen LogP contribution is -2.17. The first kappa shape index (κ1) is 13.5. The first-order valence-electron chi connectivity index (χ1n) is 6.97. The molecule has 2 unspecified atom stereocenters. The fourth-order valence-electron chi connectivity index (χ4n) is 2.93. The van der Waals surface area contributed by atoms with Gasteiger partial charge in [-0.1, -0.05) is 6.92 Å². The van der Waals surface area contributed by atoms with E-state index in [1.807, 2.05) is 0 Å². The van der Waals surface area contributed by atoms with Crippen molar-refractivity contribution in [2.45, 2.75) is 32.2 Å². The summed E-state index contributed by atoms with van der Waals surface area (Å²) in [7, 11) is 0. The number of aromatic amines is 1. The minimum absolute atomic E-state index is 0.0828. The van der Waals surface area contributed by atoms with E-state index in [-0.39, 0.29) is 22.7 Å². The number of benzene rings is 1. The maximum atomic E-state index is 11.7. The maximum absolute atomic E-state index is 11.7. The van der Waals surface area contributed by atoms with E-state index in [1.165, 1.54) is 12.4 Å². The van der Waals surface area contributed by atoms with E-state index in [0.717, 1.165) is 19.3 Å². The third kappa shape index (κ3) is 2.58. The predicted molar refractivity (Wildman–Crippen MR) is 79.4 cm³/mol. The third-order valence-corrected chi connectivity index (χ3v) is 4.01. The standard InChI is InChI=1S/C14H16N4O3/c1-8-2-3-9(4-8)17-12-6-11-10(5-13(12)18(20)21)14(19)16-7-15-11/h5-9,17H,2-4H2,1H3,(H,15,16,19). The Labute approximate surface area is 120 Å². The Morgan fingerprint density at radius 2 is 2.24 bits per heavy atom. The van der Waals surface area contributed by atoms with Crippen LogP contribution in [-0.4, -0.2) is 20.9 Å². The number of nitro benzene ring substituents is 1. The molecule has 1 saturated carbocycles. The fourth-order valence-corrected chi connectivity index (χ4v) is 2.93. The molecule has 3 rings (SSSR count). The molecule has 21 heavy (non-hydrogen) atoms. The largest absolute Gasteiger partial charge is 0.377 e. The number of nitro groups is 1. The van der Waals surface area contributed by atoms with Crippen LogP contribution in [0.1, 0.15) is 26.2 Å². The van der Waals surface area contributed by atoms with Crippen LogP contribution in [-0.2, 0) is 0 Å². The third-order valence-electron chi connectivity index (χ3n) is 4.01. The van der Waals surface area contributed by atoms with Gasteiger partial charge in [0.05, 0.1) is 22.2 Å². The second kappa shape index (κ2) is 5.16. The fraction of sp³-hybridized carbons (Fsp3) is 0.429. The molecular formula is C14H16N4O3. The Morgan fingerprint density at radius 3 is 2.90 bits per heavy atom. The van der Waals surface area contributed by atoms with Crippen LogP contribution < -0.4 is 10.9 Å². The monoisotopic (exact) mass is 288 g/mol. The first-order valence-corrected chi connectivity index (χ1v) is 6.97. The lowest BCUT2D eigenvalue weighted by molar-refractivity contribution is -0.383. The van der Waals surface area contributed by atoms with Gasteiger partial charge in [0, 0.05) is 12.1 Å². The highest BCUT2D eigenvalue weighted by Crippen LogP contribution is 2.33. The number of nitrogens with zero attached hydrogens (tertiary/aromatic N) is 2. The van der Waals surface area contributed by atoms with Crippen LogP contribution in [0.4, 0.5) is 11.4 Å². The van der Waals surface area contributed by atoms with Crippen LogP contribution in [0.15, 0.2) is 23.3 Å². The van der Waals surface area contributed by atoms with Crippen molar-refractivity contribution in [3.63, 3.8) is 0 Å². The van der Waals surface area contributed by atoms with Gasteiger partial charge in [-0.05, 0) is 31.2 Å². The van der Waals surface area contributed by atoms with Gasteiger partial charge in [0.1, 0.15) is 5.69 Å². The molecule has 0 bridgehead atoms. The lowest BCUT2D eigenvalue weighted by atomic mass is 10.1. The number of rotatable bonds is 3. The molecule has 1 aromatic carbocycles. The quantitative estimate of drug-likeness (QED) is 0.667. The van der Waals surface area contributed by atoms with E-state index >= 15 is 0 Å². The van der Waals surface area contributed by atoms with Gasteiger partial charge in [0.25, 0.3) is 11.2 Å². The zero-order valence-corrected chi connectivity index (χ0v) is 11.6. The topological polar surface area (TPSA) is 101 Å². The lowest BCUT2D eigenvalue weighted by Gasteiger charge is -2.14. The highest BCUT2D eigenvalue weighted by molar-refractivity contribution is 5.86. The molecule has 1 aliphatic carbocycles. The Morgan fingerprint density at radius 1 is 1.43 bits per heavy atom. The van der Waals surface area contributed by atoms with Crippen LogP contribution in [0.25, 0.3) is 10.9 Å². The zero-order chi connectivity index (χ0) is 15.0. The molecular weight excluding hydrogens is 272 g/mol. The molecule has 0 spiro atoms. The first-order chi connectivity index (χ1) is 10.0. The highest BCUT2D eigenvalue weighted by atomic mass is 16.6. The van der Waals surface area contributed by atoms with E-state index < -0.39 is 4.92 Å². The molecule has 7 heteroatoms. The average Bonchev–Trinajstić information content (AvgIpc) is 2.83. The van der Waals surface area contributed by atoms with Crippen LogP contribution in [0.3, 0.4) is 0 Å². The molecule has 2 atom stereocenters. The number of nitrogens with one attached hydrogen (secondary N) is 2. The smallest absolute Gasteiger partial charge is 0.293 e. The summed E-state index contributed by atoms with van der Waals surface area (Å²) < 4.78 is 0. The minimum atomic E-state index is -0.466. The molecule has 0 amide bonds. The zero-order valence-electron chi connectivity index (χ0n) is 11.6. The van der Waals surface area contributed by atoms with Crippen molar-refractivity contribution in [1.82, 2.24) is 9.97 Å². The van der Waals surface area contributed by atoms with Crippen molar-refractivity contribution in [1.29, 1.82) is 0 Å². The van der Waals surface area contributed by atoms with Gasteiger partial charge in [-0.3, -0.25) is 14.9 Å². The molecule has 1 aromatic heterocycles. The summed E-state index contributed by atoms with van der Waals surface area (Å²) in [5.41, 5.74) is 0.437. The number of anilines is 1.